The molecule has 0 bridgehead atoms. The number of nitrogens with one attached hydrogen (secondary N) is 1. The third kappa shape index (κ3) is 2.85. The number of carbonyl (C=O) groups excluding carboxylic acids is 1. The van der Waals surface area contributed by atoms with Gasteiger partial charge < -0.3 is 14.8 Å². The zero-order chi connectivity index (χ0) is 14.7. The largest absolute Gasteiger partial charge is 0.493 e. The van der Waals surface area contributed by atoms with E-state index < -0.39 is 5.91 Å². The summed E-state index contributed by atoms with van der Waals surface area (Å²) in [6.07, 6.45) is 0. The molecule has 2 N–H and O–H groups in total. The second-order valence-corrected chi connectivity index (χ2v) is 4.81. The van der Waals surface area contributed by atoms with Gasteiger partial charge in [0.2, 0.25) is 5.88 Å². The first-order chi connectivity index (χ1) is 9.52. The van der Waals surface area contributed by atoms with Crippen LogP contribution in [0.25, 0.3) is 10.9 Å². The molecule has 2 rings (SSSR count). The molecule has 0 spiro atoms. The van der Waals surface area contributed by atoms with E-state index in [4.69, 9.17) is 0 Å². The van der Waals surface area contributed by atoms with Gasteiger partial charge in [-0.3, -0.25) is 4.79 Å². The fourth-order valence-electron chi connectivity index (χ4n) is 1.90. The first-order valence-electron chi connectivity index (χ1n) is 6.31. The van der Waals surface area contributed by atoms with Gasteiger partial charge in [0, 0.05) is 12.5 Å². The standard InChI is InChI=1S/C14H17N3O3/c1-8(2)9-4-5-11-10(6-9)13(14(19)15-11)17-16-12(18)7-20-3/h4-6,8,15,19H,7H2,1-3H3. The van der Waals surface area contributed by atoms with Crippen LogP contribution in [0, 0.1) is 0 Å². The van der Waals surface area contributed by atoms with Gasteiger partial charge in [0.15, 0.2) is 5.69 Å². The third-order valence-corrected chi connectivity index (χ3v) is 2.97. The van der Waals surface area contributed by atoms with Crippen LogP contribution in [0.3, 0.4) is 0 Å². The highest BCUT2D eigenvalue weighted by atomic mass is 16.5. The second kappa shape index (κ2) is 5.83. The molecule has 0 fully saturated rings. The lowest BCUT2D eigenvalue weighted by Gasteiger charge is -2.04. The highest BCUT2D eigenvalue weighted by Crippen LogP contribution is 2.36. The van der Waals surface area contributed by atoms with E-state index in [1.54, 1.807) is 0 Å². The van der Waals surface area contributed by atoms with E-state index in [9.17, 15) is 9.90 Å². The van der Waals surface area contributed by atoms with E-state index in [0.29, 0.717) is 5.92 Å². The molecule has 2 aromatic rings. The summed E-state index contributed by atoms with van der Waals surface area (Å²) in [4.78, 5) is 14.1. The molecule has 0 radical (unpaired) electrons. The minimum Gasteiger partial charge on any atom is -0.493 e. The third-order valence-electron chi connectivity index (χ3n) is 2.97. The van der Waals surface area contributed by atoms with Gasteiger partial charge in [-0.1, -0.05) is 19.9 Å². The van der Waals surface area contributed by atoms with E-state index in [-0.39, 0.29) is 18.2 Å². The minimum absolute atomic E-state index is 0.102. The van der Waals surface area contributed by atoms with E-state index in [2.05, 4.69) is 33.8 Å². The summed E-state index contributed by atoms with van der Waals surface area (Å²) in [6, 6.07) is 5.80. The quantitative estimate of drug-likeness (QED) is 0.839. The minimum atomic E-state index is -0.499. The van der Waals surface area contributed by atoms with Crippen LogP contribution in [0.1, 0.15) is 25.3 Å². The molecule has 0 atom stereocenters. The SMILES string of the molecule is COCC(=O)N=Nc1c(O)[nH]c2ccc(C(C)C)cc12. The molecular formula is C14H17N3O3. The van der Waals surface area contributed by atoms with Crippen molar-refractivity contribution >= 4 is 22.5 Å². The van der Waals surface area contributed by atoms with Gasteiger partial charge in [-0.15, -0.1) is 10.2 Å². The van der Waals surface area contributed by atoms with Crippen LogP contribution in [0.15, 0.2) is 28.4 Å². The fourth-order valence-corrected chi connectivity index (χ4v) is 1.90. The Morgan fingerprint density at radius 3 is 2.85 bits per heavy atom. The van der Waals surface area contributed by atoms with Crippen molar-refractivity contribution in [2.45, 2.75) is 19.8 Å². The summed E-state index contributed by atoms with van der Waals surface area (Å²) in [7, 11) is 1.41. The van der Waals surface area contributed by atoms with Gasteiger partial charge in [0.25, 0.3) is 5.91 Å². The maximum atomic E-state index is 11.3. The number of hydrogen-bond acceptors (Lipinski definition) is 4. The van der Waals surface area contributed by atoms with Gasteiger partial charge in [-0.2, -0.15) is 0 Å². The summed E-state index contributed by atoms with van der Waals surface area (Å²) < 4.78 is 4.67. The number of fused-ring (bicyclic) bond motifs is 1. The monoisotopic (exact) mass is 275 g/mol. The maximum Gasteiger partial charge on any atom is 0.290 e. The summed E-state index contributed by atoms with van der Waals surface area (Å²) >= 11 is 0. The Hall–Kier alpha value is -2.21. The van der Waals surface area contributed by atoms with Crippen molar-refractivity contribution in [2.24, 2.45) is 10.2 Å². The van der Waals surface area contributed by atoms with Crippen LogP contribution in [0.2, 0.25) is 0 Å². The molecule has 6 nitrogen and oxygen atoms in total. The Balaban J connectivity index is 2.43. The van der Waals surface area contributed by atoms with E-state index in [1.807, 2.05) is 18.2 Å². The highest BCUT2D eigenvalue weighted by Gasteiger charge is 2.12. The molecule has 106 valence electrons. The first-order valence-corrected chi connectivity index (χ1v) is 6.31. The number of rotatable bonds is 4. The number of methoxy groups -OCH3 is 1. The molecule has 20 heavy (non-hydrogen) atoms. The molecule has 1 aromatic carbocycles. The van der Waals surface area contributed by atoms with Crippen LogP contribution < -0.4 is 0 Å². The topological polar surface area (TPSA) is 87.0 Å². The number of hydrogen-bond donors (Lipinski definition) is 2. The Morgan fingerprint density at radius 2 is 2.20 bits per heavy atom. The number of carbonyl (C=O) groups is 1. The number of ether oxygens (including phenoxy) is 1. The van der Waals surface area contributed by atoms with Crippen LogP contribution in [-0.2, 0) is 9.53 Å². The average molecular weight is 275 g/mol. The van der Waals surface area contributed by atoms with Crippen molar-refractivity contribution in [2.75, 3.05) is 13.7 Å². The smallest absolute Gasteiger partial charge is 0.290 e. The van der Waals surface area contributed by atoms with E-state index >= 15 is 0 Å². The van der Waals surface area contributed by atoms with E-state index in [0.717, 1.165) is 16.5 Å². The van der Waals surface area contributed by atoms with Crippen LogP contribution in [0.4, 0.5) is 5.69 Å². The average Bonchev–Trinajstić information content (AvgIpc) is 2.71. The number of aromatic nitrogens is 1. The number of aromatic hydroxyl groups is 1. The molecule has 0 aliphatic heterocycles. The molecule has 1 amide bonds. The molecule has 0 unspecified atom stereocenters. The predicted octanol–water partition coefficient (Wildman–Crippen LogP) is 3.25. The summed E-state index contributed by atoms with van der Waals surface area (Å²) in [5.41, 5.74) is 2.14. The van der Waals surface area contributed by atoms with Gasteiger partial charge in [-0.05, 0) is 23.6 Å². The lowest BCUT2D eigenvalue weighted by Crippen LogP contribution is -2.01. The molecule has 0 aliphatic rings. The van der Waals surface area contributed by atoms with Crippen LogP contribution in [0.5, 0.6) is 5.88 Å². The number of azo groups is 1. The number of H-pyrrole nitrogens is 1. The second-order valence-electron chi connectivity index (χ2n) is 4.81. The predicted molar refractivity (Wildman–Crippen MR) is 75.5 cm³/mol. The van der Waals surface area contributed by atoms with Crippen molar-refractivity contribution in [3.63, 3.8) is 0 Å². The van der Waals surface area contributed by atoms with Crippen molar-refractivity contribution in [1.82, 2.24) is 4.98 Å². The van der Waals surface area contributed by atoms with Crippen LogP contribution in [-0.4, -0.2) is 29.7 Å². The number of benzene rings is 1. The normalized spacial score (nSPS) is 11.8. The Labute approximate surface area is 116 Å². The molecule has 0 aliphatic carbocycles. The van der Waals surface area contributed by atoms with Crippen molar-refractivity contribution in [3.05, 3.63) is 23.8 Å². The van der Waals surface area contributed by atoms with Crippen molar-refractivity contribution in [3.8, 4) is 5.88 Å². The molecule has 0 saturated carbocycles. The maximum absolute atomic E-state index is 11.3. The Kier molecular flexibility index (Phi) is 4.14. The highest BCUT2D eigenvalue weighted by molar-refractivity contribution is 5.95. The lowest BCUT2D eigenvalue weighted by molar-refractivity contribution is -0.121. The molecular weight excluding hydrogens is 258 g/mol. The van der Waals surface area contributed by atoms with E-state index in [1.165, 1.54) is 7.11 Å². The first kappa shape index (κ1) is 14.2. The number of amides is 1. The summed E-state index contributed by atoms with van der Waals surface area (Å²) in [5.74, 6) is -0.243. The fraction of sp³-hybridized carbons (Fsp3) is 0.357. The van der Waals surface area contributed by atoms with Crippen LogP contribution >= 0.6 is 0 Å². The summed E-state index contributed by atoms with van der Waals surface area (Å²) in [6.45, 7) is 4.03. The zero-order valence-corrected chi connectivity index (χ0v) is 11.7. The molecule has 1 heterocycles. The van der Waals surface area contributed by atoms with Gasteiger partial charge in [0.05, 0.1) is 5.52 Å². The van der Waals surface area contributed by atoms with Gasteiger partial charge in [0.1, 0.15) is 6.61 Å². The van der Waals surface area contributed by atoms with Gasteiger partial charge in [-0.25, -0.2) is 0 Å². The summed E-state index contributed by atoms with van der Waals surface area (Å²) in [5, 5.41) is 17.9. The number of nitrogens with zero attached hydrogens (tertiary/aromatic N) is 2. The van der Waals surface area contributed by atoms with Crippen molar-refractivity contribution in [1.29, 1.82) is 0 Å². The Morgan fingerprint density at radius 1 is 1.45 bits per heavy atom. The number of aromatic amines is 1. The molecule has 0 saturated heterocycles. The van der Waals surface area contributed by atoms with Gasteiger partial charge >= 0.3 is 0 Å². The van der Waals surface area contributed by atoms with Crippen molar-refractivity contribution < 1.29 is 14.6 Å². The lowest BCUT2D eigenvalue weighted by atomic mass is 10.0. The Bertz CT molecular complexity index is 659. The molecule has 1 aromatic heterocycles. The molecule has 6 heteroatoms. The zero-order valence-electron chi connectivity index (χ0n) is 11.7.